The Morgan fingerprint density at radius 3 is 2.75 bits per heavy atom. The number of fused-ring (bicyclic) bond motifs is 1. The molecule has 2 heterocycles. The highest BCUT2D eigenvalue weighted by Gasteiger charge is 2.35. The largest absolute Gasteiger partial charge is 0.490 e. The van der Waals surface area contributed by atoms with Crippen molar-refractivity contribution in [2.75, 3.05) is 6.61 Å². The van der Waals surface area contributed by atoms with Gasteiger partial charge in [-0.2, -0.15) is 5.26 Å². The van der Waals surface area contributed by atoms with Gasteiger partial charge in [0.25, 0.3) is 0 Å². The van der Waals surface area contributed by atoms with Crippen LogP contribution in [0.5, 0.6) is 17.4 Å². The van der Waals surface area contributed by atoms with E-state index in [2.05, 4.69) is 23.2 Å². The maximum absolute atomic E-state index is 9.77. The lowest BCUT2D eigenvalue weighted by Crippen LogP contribution is -2.21. The van der Waals surface area contributed by atoms with E-state index >= 15 is 0 Å². The molecule has 0 amide bonds. The Morgan fingerprint density at radius 1 is 1.32 bits per heavy atom. The third-order valence-corrected chi connectivity index (χ3v) is 4.48. The third kappa shape index (κ3) is 3.63. The molecule has 7 heteroatoms. The van der Waals surface area contributed by atoms with Gasteiger partial charge in [0.15, 0.2) is 11.5 Å². The number of nitrogens with one attached hydrogen (secondary N) is 1. The summed E-state index contributed by atoms with van der Waals surface area (Å²) in [6, 6.07) is 7.94. The zero-order chi connectivity index (χ0) is 20.3. The molecule has 1 aromatic heterocycles. The molecule has 3 N–H and O–H groups in total. The molecule has 1 unspecified atom stereocenters. The molecule has 2 aromatic rings. The summed E-state index contributed by atoms with van der Waals surface area (Å²) in [4.78, 5) is 0. The summed E-state index contributed by atoms with van der Waals surface area (Å²) in [6.45, 7) is 8.45. The quantitative estimate of drug-likeness (QED) is 0.755. The lowest BCUT2D eigenvalue weighted by molar-refractivity contribution is 0.223. The molecule has 0 bridgehead atoms. The van der Waals surface area contributed by atoms with Crippen LogP contribution in [0, 0.1) is 11.3 Å². The predicted octanol–water partition coefficient (Wildman–Crippen LogP) is 3.77. The lowest BCUT2D eigenvalue weighted by Gasteiger charge is -2.25. The Morgan fingerprint density at radius 2 is 2.11 bits per heavy atom. The number of H-pyrrole nitrogens is 1. The van der Waals surface area contributed by atoms with Crippen LogP contribution < -0.4 is 19.9 Å². The van der Waals surface area contributed by atoms with Crippen molar-refractivity contribution in [3.05, 3.63) is 46.5 Å². The van der Waals surface area contributed by atoms with E-state index in [1.807, 2.05) is 39.0 Å². The standard InChI is InChI=1S/C21H26N4O3/c1-5-7-15-19-18(14(11-22)20(23)28-21(19)25-24-15)13-8-9-16(27-12(3)4)17(10-13)26-6-2/h8-10,12,18H,5-7,23H2,1-4H3,(H,24,25). The Labute approximate surface area is 165 Å². The van der Waals surface area contributed by atoms with E-state index in [0.29, 0.717) is 29.6 Å². The zero-order valence-electron chi connectivity index (χ0n) is 16.7. The average molecular weight is 382 g/mol. The van der Waals surface area contributed by atoms with E-state index in [1.54, 1.807) is 0 Å². The summed E-state index contributed by atoms with van der Waals surface area (Å²) in [5, 5.41) is 17.1. The second-order valence-electron chi connectivity index (χ2n) is 6.90. The fourth-order valence-electron chi connectivity index (χ4n) is 3.41. The molecule has 1 atom stereocenters. The van der Waals surface area contributed by atoms with Gasteiger partial charge in [0.05, 0.1) is 18.6 Å². The average Bonchev–Trinajstić information content (AvgIpc) is 3.04. The van der Waals surface area contributed by atoms with Crippen molar-refractivity contribution in [1.82, 2.24) is 10.2 Å². The number of nitrogens with zero attached hydrogens (tertiary/aromatic N) is 2. The summed E-state index contributed by atoms with van der Waals surface area (Å²) in [6.07, 6.45) is 1.76. The second kappa shape index (κ2) is 8.26. The maximum Gasteiger partial charge on any atom is 0.244 e. The molecule has 1 aromatic carbocycles. The number of rotatable bonds is 7. The minimum atomic E-state index is -0.374. The normalized spacial score (nSPS) is 15.8. The number of aryl methyl sites for hydroxylation is 1. The topological polar surface area (TPSA) is 106 Å². The molecule has 0 saturated carbocycles. The number of hydrogen-bond acceptors (Lipinski definition) is 6. The first-order valence-corrected chi connectivity index (χ1v) is 9.58. The summed E-state index contributed by atoms with van der Waals surface area (Å²) in [5.41, 5.74) is 9.08. The van der Waals surface area contributed by atoms with E-state index in [9.17, 15) is 5.26 Å². The minimum absolute atomic E-state index is 0.0231. The van der Waals surface area contributed by atoms with Crippen molar-refractivity contribution in [2.24, 2.45) is 5.73 Å². The highest BCUT2D eigenvalue weighted by molar-refractivity contribution is 5.57. The minimum Gasteiger partial charge on any atom is -0.490 e. The van der Waals surface area contributed by atoms with Crippen LogP contribution in [-0.4, -0.2) is 22.9 Å². The Balaban J connectivity index is 2.14. The molecule has 1 aliphatic rings. The summed E-state index contributed by atoms with van der Waals surface area (Å²) < 4.78 is 17.3. The van der Waals surface area contributed by atoms with Crippen LogP contribution in [0.3, 0.4) is 0 Å². The van der Waals surface area contributed by atoms with E-state index in [-0.39, 0.29) is 17.9 Å². The maximum atomic E-state index is 9.77. The lowest BCUT2D eigenvalue weighted by atomic mass is 9.83. The van der Waals surface area contributed by atoms with Gasteiger partial charge in [0, 0.05) is 11.3 Å². The van der Waals surface area contributed by atoms with Crippen molar-refractivity contribution in [3.8, 4) is 23.4 Å². The third-order valence-electron chi connectivity index (χ3n) is 4.48. The molecule has 7 nitrogen and oxygen atoms in total. The molecule has 0 aliphatic carbocycles. The number of aromatic nitrogens is 2. The van der Waals surface area contributed by atoms with E-state index in [0.717, 1.165) is 29.7 Å². The fourth-order valence-corrected chi connectivity index (χ4v) is 3.41. The number of nitriles is 1. The van der Waals surface area contributed by atoms with Gasteiger partial charge in [-0.05, 0) is 44.9 Å². The highest BCUT2D eigenvalue weighted by atomic mass is 16.5. The highest BCUT2D eigenvalue weighted by Crippen LogP contribution is 2.45. The SMILES string of the molecule is CCCc1[nH]nc2c1C(c1ccc(OC(C)C)c(OCC)c1)C(C#N)=C(N)O2. The Kier molecular flexibility index (Phi) is 5.78. The smallest absolute Gasteiger partial charge is 0.244 e. The van der Waals surface area contributed by atoms with E-state index in [4.69, 9.17) is 19.9 Å². The van der Waals surface area contributed by atoms with Crippen LogP contribution in [-0.2, 0) is 6.42 Å². The Hall–Kier alpha value is -3.14. The molecular weight excluding hydrogens is 356 g/mol. The van der Waals surface area contributed by atoms with Crippen molar-refractivity contribution < 1.29 is 14.2 Å². The van der Waals surface area contributed by atoms with E-state index in [1.165, 1.54) is 0 Å². The van der Waals surface area contributed by atoms with E-state index < -0.39 is 0 Å². The first-order chi connectivity index (χ1) is 13.5. The van der Waals surface area contributed by atoms with Gasteiger partial charge in [-0.15, -0.1) is 5.10 Å². The molecule has 3 rings (SSSR count). The van der Waals surface area contributed by atoms with Crippen LogP contribution in [0.1, 0.15) is 56.9 Å². The van der Waals surface area contributed by atoms with Crippen LogP contribution in [0.4, 0.5) is 0 Å². The molecular formula is C21H26N4O3. The van der Waals surface area contributed by atoms with Gasteiger partial charge in [-0.25, -0.2) is 0 Å². The summed E-state index contributed by atoms with van der Waals surface area (Å²) in [7, 11) is 0. The van der Waals surface area contributed by atoms with Crippen LogP contribution in [0.25, 0.3) is 0 Å². The van der Waals surface area contributed by atoms with Gasteiger partial charge >= 0.3 is 0 Å². The number of hydrogen-bond donors (Lipinski definition) is 2. The molecule has 28 heavy (non-hydrogen) atoms. The zero-order valence-corrected chi connectivity index (χ0v) is 16.7. The van der Waals surface area contributed by atoms with Crippen molar-refractivity contribution >= 4 is 0 Å². The number of benzene rings is 1. The van der Waals surface area contributed by atoms with Gasteiger partial charge in [0.2, 0.25) is 11.8 Å². The van der Waals surface area contributed by atoms with Crippen LogP contribution in [0.2, 0.25) is 0 Å². The number of nitrogens with two attached hydrogens (primary N) is 1. The number of aromatic amines is 1. The molecule has 0 saturated heterocycles. The second-order valence-corrected chi connectivity index (χ2v) is 6.90. The molecule has 0 radical (unpaired) electrons. The molecule has 0 spiro atoms. The van der Waals surface area contributed by atoms with Gasteiger partial charge < -0.3 is 19.9 Å². The molecule has 0 fully saturated rings. The number of ether oxygens (including phenoxy) is 3. The monoisotopic (exact) mass is 382 g/mol. The number of allylic oxidation sites excluding steroid dienone is 1. The molecule has 1 aliphatic heterocycles. The fraction of sp³-hybridized carbons (Fsp3) is 0.429. The van der Waals surface area contributed by atoms with Gasteiger partial charge in [-0.1, -0.05) is 19.4 Å². The van der Waals surface area contributed by atoms with Crippen LogP contribution >= 0.6 is 0 Å². The predicted molar refractivity (Wildman–Crippen MR) is 105 cm³/mol. The van der Waals surface area contributed by atoms with Gasteiger partial charge in [-0.3, -0.25) is 5.10 Å². The van der Waals surface area contributed by atoms with Gasteiger partial charge in [0.1, 0.15) is 11.6 Å². The molecule has 148 valence electrons. The van der Waals surface area contributed by atoms with Crippen LogP contribution in [0.15, 0.2) is 29.7 Å². The Bertz CT molecular complexity index is 924. The van der Waals surface area contributed by atoms with Crippen molar-refractivity contribution in [3.63, 3.8) is 0 Å². The first kappa shape index (κ1) is 19.6. The van der Waals surface area contributed by atoms with Crippen molar-refractivity contribution in [1.29, 1.82) is 5.26 Å². The summed E-state index contributed by atoms with van der Waals surface area (Å²) >= 11 is 0. The first-order valence-electron chi connectivity index (χ1n) is 9.58. The summed E-state index contributed by atoms with van der Waals surface area (Å²) in [5.74, 6) is 1.43. The van der Waals surface area contributed by atoms with Crippen molar-refractivity contribution in [2.45, 2.75) is 52.6 Å².